The number of ether oxygens (including phenoxy) is 1. The number of hydrogen-bond acceptors (Lipinski definition) is 1. The number of aryl methyl sites for hydroxylation is 1. The molecule has 0 unspecified atom stereocenters. The number of allylic oxidation sites excluding steroid dienone is 2. The highest BCUT2D eigenvalue weighted by atomic mass is 19.3. The molecule has 3 aromatic carbocycles. The molecular weight excluding hydrogens is 337 g/mol. The summed E-state index contributed by atoms with van der Waals surface area (Å²) in [4.78, 5) is 0. The molecule has 0 spiro atoms. The summed E-state index contributed by atoms with van der Waals surface area (Å²) in [6.45, 7) is 1.95. The van der Waals surface area contributed by atoms with E-state index in [1.807, 2.05) is 19.1 Å². The summed E-state index contributed by atoms with van der Waals surface area (Å²) in [5.74, 6) is -0.336. The minimum Gasteiger partial charge on any atom is -0.429 e. The van der Waals surface area contributed by atoms with E-state index >= 15 is 0 Å². The minimum atomic E-state index is -3.45. The molecule has 0 heterocycles. The van der Waals surface area contributed by atoms with Gasteiger partial charge in [0.25, 0.3) is 0 Å². The van der Waals surface area contributed by atoms with Crippen LogP contribution in [-0.4, -0.2) is 0 Å². The van der Waals surface area contributed by atoms with Crippen molar-refractivity contribution in [2.24, 2.45) is 0 Å². The fourth-order valence-electron chi connectivity index (χ4n) is 2.75. The van der Waals surface area contributed by atoms with Gasteiger partial charge in [-0.3, -0.25) is 0 Å². The molecule has 26 heavy (non-hydrogen) atoms. The van der Waals surface area contributed by atoms with E-state index in [2.05, 4.69) is 0 Å². The summed E-state index contributed by atoms with van der Waals surface area (Å²) >= 11 is 0. The second-order valence-corrected chi connectivity index (χ2v) is 6.08. The maximum Gasteiger partial charge on any atom is 0.426 e. The summed E-state index contributed by atoms with van der Waals surface area (Å²) in [6.07, 6.45) is 2.24. The lowest BCUT2D eigenvalue weighted by Gasteiger charge is -2.19. The first-order chi connectivity index (χ1) is 12.5. The van der Waals surface area contributed by atoms with E-state index in [1.165, 1.54) is 42.5 Å². The molecule has 0 atom stereocenters. The Hall–Kier alpha value is -2.75. The number of benzene rings is 3. The van der Waals surface area contributed by atoms with Crippen molar-refractivity contribution >= 4 is 10.8 Å². The second-order valence-electron chi connectivity index (χ2n) is 6.08. The predicted octanol–water partition coefficient (Wildman–Crippen LogP) is 6.62. The molecule has 0 bridgehead atoms. The third kappa shape index (κ3) is 4.26. The third-order valence-electron chi connectivity index (χ3n) is 4.15. The number of fused-ring (bicyclic) bond motifs is 1. The summed E-state index contributed by atoms with van der Waals surface area (Å²) in [7, 11) is 0. The predicted molar refractivity (Wildman–Crippen MR) is 98.0 cm³/mol. The highest BCUT2D eigenvalue weighted by Crippen LogP contribution is 2.33. The van der Waals surface area contributed by atoms with Gasteiger partial charge in [0.15, 0.2) is 0 Å². The number of rotatable bonds is 6. The van der Waals surface area contributed by atoms with Crippen LogP contribution in [-0.2, 0) is 12.5 Å². The molecule has 0 radical (unpaired) electrons. The Morgan fingerprint density at radius 2 is 1.62 bits per heavy atom. The van der Waals surface area contributed by atoms with E-state index in [0.29, 0.717) is 10.8 Å². The van der Waals surface area contributed by atoms with Crippen molar-refractivity contribution < 1.29 is 17.9 Å². The van der Waals surface area contributed by atoms with Gasteiger partial charge in [-0.15, -0.1) is 0 Å². The van der Waals surface area contributed by atoms with E-state index in [4.69, 9.17) is 4.74 Å². The van der Waals surface area contributed by atoms with Gasteiger partial charge in [-0.1, -0.05) is 36.4 Å². The molecular formula is C22H19F3O. The maximum absolute atomic E-state index is 14.5. The molecule has 1 nitrogen and oxygen atoms in total. The SMILES string of the molecule is C/C=C/CCc1ccc(C(F)(F)Oc2ccc3cc(F)ccc3c2)cc1. The first kappa shape index (κ1) is 18.1. The monoisotopic (exact) mass is 356 g/mol. The lowest BCUT2D eigenvalue weighted by molar-refractivity contribution is -0.185. The lowest BCUT2D eigenvalue weighted by atomic mass is 10.1. The molecule has 0 aromatic heterocycles. The van der Waals surface area contributed by atoms with Crippen LogP contribution in [0.25, 0.3) is 10.8 Å². The van der Waals surface area contributed by atoms with Crippen LogP contribution in [0.5, 0.6) is 5.75 Å². The Balaban J connectivity index is 1.76. The van der Waals surface area contributed by atoms with Crippen molar-refractivity contribution in [3.05, 3.63) is 89.8 Å². The molecule has 0 fully saturated rings. The van der Waals surface area contributed by atoms with Crippen LogP contribution < -0.4 is 4.74 Å². The van der Waals surface area contributed by atoms with Crippen molar-refractivity contribution in [2.45, 2.75) is 25.9 Å². The van der Waals surface area contributed by atoms with Gasteiger partial charge in [-0.05, 0) is 72.5 Å². The Morgan fingerprint density at radius 1 is 0.923 bits per heavy atom. The normalized spacial score (nSPS) is 12.0. The minimum absolute atomic E-state index is 0.0336. The summed E-state index contributed by atoms with van der Waals surface area (Å²) in [5.41, 5.74) is 0.793. The quantitative estimate of drug-likeness (QED) is 0.451. The van der Waals surface area contributed by atoms with Gasteiger partial charge < -0.3 is 4.74 Å². The zero-order valence-electron chi connectivity index (χ0n) is 14.4. The molecule has 0 saturated carbocycles. The summed E-state index contributed by atoms with van der Waals surface area (Å²) < 4.78 is 47.0. The van der Waals surface area contributed by atoms with Crippen LogP contribution in [0, 0.1) is 5.82 Å². The lowest BCUT2D eigenvalue weighted by Crippen LogP contribution is -2.21. The molecule has 0 N–H and O–H groups in total. The number of hydrogen-bond donors (Lipinski definition) is 0. The van der Waals surface area contributed by atoms with Crippen LogP contribution in [0.4, 0.5) is 13.2 Å². The van der Waals surface area contributed by atoms with Gasteiger partial charge in [-0.2, -0.15) is 8.78 Å². The Morgan fingerprint density at radius 3 is 2.35 bits per heavy atom. The van der Waals surface area contributed by atoms with Crippen molar-refractivity contribution in [1.82, 2.24) is 0 Å². The standard InChI is InChI=1S/C22H19F3O/c1-2-3-4-5-16-6-10-19(11-7-16)22(24,25)26-21-13-9-17-14-20(23)12-8-18(17)15-21/h2-3,6-15H,4-5H2,1H3/b3-2+. The molecule has 3 aromatic rings. The first-order valence-corrected chi connectivity index (χ1v) is 8.45. The Kier molecular flexibility index (Phi) is 5.31. The average Bonchev–Trinajstić information content (AvgIpc) is 2.62. The number of alkyl halides is 2. The van der Waals surface area contributed by atoms with Gasteiger partial charge in [-0.25, -0.2) is 4.39 Å². The van der Waals surface area contributed by atoms with Gasteiger partial charge in [0, 0.05) is 0 Å². The number of halogens is 3. The average molecular weight is 356 g/mol. The van der Waals surface area contributed by atoms with Crippen LogP contribution in [0.1, 0.15) is 24.5 Å². The smallest absolute Gasteiger partial charge is 0.426 e. The van der Waals surface area contributed by atoms with Crippen molar-refractivity contribution in [1.29, 1.82) is 0 Å². The fourth-order valence-corrected chi connectivity index (χ4v) is 2.75. The van der Waals surface area contributed by atoms with Gasteiger partial charge in [0.2, 0.25) is 0 Å². The van der Waals surface area contributed by atoms with Crippen LogP contribution in [0.15, 0.2) is 72.8 Å². The summed E-state index contributed by atoms with van der Waals surface area (Å²) in [5, 5.41) is 1.27. The topological polar surface area (TPSA) is 9.23 Å². The Labute approximate surface area is 150 Å². The largest absolute Gasteiger partial charge is 0.429 e. The molecule has 0 aliphatic heterocycles. The third-order valence-corrected chi connectivity index (χ3v) is 4.15. The zero-order chi connectivity index (χ0) is 18.6. The van der Waals surface area contributed by atoms with E-state index in [-0.39, 0.29) is 17.1 Å². The molecule has 0 aliphatic carbocycles. The van der Waals surface area contributed by atoms with E-state index in [9.17, 15) is 13.2 Å². The van der Waals surface area contributed by atoms with Gasteiger partial charge >= 0.3 is 6.11 Å². The van der Waals surface area contributed by atoms with Crippen molar-refractivity contribution in [3.8, 4) is 5.75 Å². The molecule has 0 saturated heterocycles. The second kappa shape index (κ2) is 7.65. The van der Waals surface area contributed by atoms with Crippen LogP contribution in [0.2, 0.25) is 0 Å². The Bertz CT molecular complexity index is 914. The maximum atomic E-state index is 14.5. The van der Waals surface area contributed by atoms with Crippen LogP contribution in [0.3, 0.4) is 0 Å². The van der Waals surface area contributed by atoms with E-state index in [0.717, 1.165) is 18.4 Å². The van der Waals surface area contributed by atoms with Gasteiger partial charge in [0.05, 0.1) is 5.56 Å². The molecule has 134 valence electrons. The van der Waals surface area contributed by atoms with Crippen molar-refractivity contribution in [3.63, 3.8) is 0 Å². The summed E-state index contributed by atoms with van der Waals surface area (Å²) in [6, 6.07) is 14.8. The van der Waals surface area contributed by atoms with E-state index in [1.54, 1.807) is 18.2 Å². The first-order valence-electron chi connectivity index (χ1n) is 8.45. The zero-order valence-corrected chi connectivity index (χ0v) is 14.4. The molecule has 0 aliphatic rings. The van der Waals surface area contributed by atoms with E-state index < -0.39 is 6.11 Å². The fraction of sp³-hybridized carbons (Fsp3) is 0.182. The molecule has 0 amide bonds. The highest BCUT2D eigenvalue weighted by Gasteiger charge is 2.34. The molecule has 4 heteroatoms. The van der Waals surface area contributed by atoms with Crippen molar-refractivity contribution in [2.75, 3.05) is 0 Å². The van der Waals surface area contributed by atoms with Crippen LogP contribution >= 0.6 is 0 Å². The molecule has 3 rings (SSSR count). The highest BCUT2D eigenvalue weighted by molar-refractivity contribution is 5.83. The van der Waals surface area contributed by atoms with Gasteiger partial charge in [0.1, 0.15) is 11.6 Å².